The highest BCUT2D eigenvalue weighted by Crippen LogP contribution is 2.37. The molecule has 0 radical (unpaired) electrons. The molecule has 0 unspecified atom stereocenters. The van der Waals surface area contributed by atoms with Crippen molar-refractivity contribution in [1.82, 2.24) is 10.4 Å². The van der Waals surface area contributed by atoms with Crippen LogP contribution in [0.15, 0.2) is 47.4 Å². The molecular formula is C22H21IN2O4S2. The van der Waals surface area contributed by atoms with Crippen molar-refractivity contribution < 1.29 is 19.1 Å². The normalized spacial score (nSPS) is 14.8. The van der Waals surface area contributed by atoms with Crippen molar-refractivity contribution in [2.24, 2.45) is 0 Å². The molecule has 3 rings (SSSR count). The summed E-state index contributed by atoms with van der Waals surface area (Å²) in [5.74, 6) is 0.549. The second kappa shape index (κ2) is 11.0. The molecule has 1 fully saturated rings. The van der Waals surface area contributed by atoms with E-state index in [1.807, 2.05) is 32.0 Å². The number of nitrogens with one attached hydrogen (secondary N) is 1. The van der Waals surface area contributed by atoms with Crippen molar-refractivity contribution in [2.75, 3.05) is 13.2 Å². The van der Waals surface area contributed by atoms with Crippen LogP contribution in [0.25, 0.3) is 6.08 Å². The van der Waals surface area contributed by atoms with E-state index in [2.05, 4.69) is 28.0 Å². The molecule has 9 heteroatoms. The minimum atomic E-state index is -0.399. The van der Waals surface area contributed by atoms with Crippen molar-refractivity contribution in [1.29, 1.82) is 0 Å². The van der Waals surface area contributed by atoms with Crippen molar-refractivity contribution in [2.45, 2.75) is 20.3 Å². The van der Waals surface area contributed by atoms with Gasteiger partial charge in [0, 0.05) is 5.56 Å². The van der Waals surface area contributed by atoms with Crippen LogP contribution in [0, 0.1) is 3.57 Å². The molecule has 1 heterocycles. The number of amides is 2. The lowest BCUT2D eigenvalue weighted by molar-refractivity contribution is -0.123. The Morgan fingerprint density at radius 3 is 2.65 bits per heavy atom. The monoisotopic (exact) mass is 568 g/mol. The second-order valence-corrected chi connectivity index (χ2v) is 9.27. The molecule has 162 valence electrons. The first-order valence-electron chi connectivity index (χ1n) is 9.67. The molecule has 6 nitrogen and oxygen atoms in total. The molecule has 0 aromatic heterocycles. The summed E-state index contributed by atoms with van der Waals surface area (Å²) in [5, 5.41) is 1.11. The summed E-state index contributed by atoms with van der Waals surface area (Å²) in [7, 11) is 0. The third kappa shape index (κ3) is 5.78. The smallest absolute Gasteiger partial charge is 0.285 e. The maximum absolute atomic E-state index is 12.9. The SMILES string of the molecule is CCCOc1c(I)cc(/C=C2\SC(=S)N(NC(=O)c3ccccc3)C2=O)cc1OCC. The minimum Gasteiger partial charge on any atom is -0.490 e. The van der Waals surface area contributed by atoms with E-state index in [-0.39, 0.29) is 10.2 Å². The van der Waals surface area contributed by atoms with Crippen LogP contribution in [-0.2, 0) is 4.79 Å². The van der Waals surface area contributed by atoms with E-state index >= 15 is 0 Å². The average molecular weight is 568 g/mol. The third-order valence-electron chi connectivity index (χ3n) is 4.12. The lowest BCUT2D eigenvalue weighted by Gasteiger charge is -2.15. The lowest BCUT2D eigenvalue weighted by Crippen LogP contribution is -2.44. The van der Waals surface area contributed by atoms with E-state index in [4.69, 9.17) is 21.7 Å². The minimum absolute atomic E-state index is 0.267. The molecule has 2 aromatic carbocycles. The Bertz CT molecular complexity index is 1030. The molecular weight excluding hydrogens is 547 g/mol. The van der Waals surface area contributed by atoms with Gasteiger partial charge in [-0.15, -0.1) is 0 Å². The summed E-state index contributed by atoms with van der Waals surface area (Å²) in [6.07, 6.45) is 2.63. The number of hydrogen-bond donors (Lipinski definition) is 1. The van der Waals surface area contributed by atoms with Crippen LogP contribution in [0.5, 0.6) is 11.5 Å². The van der Waals surface area contributed by atoms with Crippen LogP contribution in [0.4, 0.5) is 0 Å². The Kier molecular flexibility index (Phi) is 8.33. The molecule has 2 aromatic rings. The molecule has 0 spiro atoms. The number of benzene rings is 2. The highest BCUT2D eigenvalue weighted by Gasteiger charge is 2.34. The summed E-state index contributed by atoms with van der Waals surface area (Å²) >= 11 is 8.64. The highest BCUT2D eigenvalue weighted by molar-refractivity contribution is 14.1. The Labute approximate surface area is 204 Å². The number of halogens is 1. The lowest BCUT2D eigenvalue weighted by atomic mass is 10.2. The molecule has 2 amide bonds. The number of thioether (sulfide) groups is 1. The molecule has 0 bridgehead atoms. The van der Waals surface area contributed by atoms with Gasteiger partial charge in [0.15, 0.2) is 15.8 Å². The topological polar surface area (TPSA) is 67.9 Å². The van der Waals surface area contributed by atoms with Crippen molar-refractivity contribution in [3.05, 3.63) is 62.1 Å². The summed E-state index contributed by atoms with van der Waals surface area (Å²) in [6.45, 7) is 5.04. The number of ether oxygens (including phenoxy) is 2. The molecule has 31 heavy (non-hydrogen) atoms. The molecule has 0 saturated carbocycles. The fourth-order valence-electron chi connectivity index (χ4n) is 2.75. The predicted octanol–water partition coefficient (Wildman–Crippen LogP) is 5.02. The average Bonchev–Trinajstić information content (AvgIpc) is 3.01. The fourth-order valence-corrected chi connectivity index (χ4v) is 4.71. The Morgan fingerprint density at radius 2 is 1.97 bits per heavy atom. The van der Waals surface area contributed by atoms with Crippen LogP contribution in [0.3, 0.4) is 0 Å². The zero-order chi connectivity index (χ0) is 22.4. The largest absolute Gasteiger partial charge is 0.490 e. The predicted molar refractivity (Wildman–Crippen MR) is 135 cm³/mol. The molecule has 1 N–H and O–H groups in total. The van der Waals surface area contributed by atoms with Gasteiger partial charge in [0.1, 0.15) is 0 Å². The number of hydrazine groups is 1. The van der Waals surface area contributed by atoms with Gasteiger partial charge in [-0.1, -0.05) is 36.9 Å². The van der Waals surface area contributed by atoms with E-state index < -0.39 is 5.91 Å². The molecule has 1 aliphatic rings. The van der Waals surface area contributed by atoms with E-state index in [1.165, 1.54) is 0 Å². The van der Waals surface area contributed by atoms with Gasteiger partial charge in [0.25, 0.3) is 11.8 Å². The van der Waals surface area contributed by atoms with Gasteiger partial charge in [-0.3, -0.25) is 15.0 Å². The molecule has 0 aliphatic carbocycles. The van der Waals surface area contributed by atoms with Crippen molar-refractivity contribution in [3.8, 4) is 11.5 Å². The van der Waals surface area contributed by atoms with Gasteiger partial charge in [0.05, 0.1) is 21.7 Å². The Morgan fingerprint density at radius 1 is 1.23 bits per heavy atom. The number of carbonyl (C=O) groups excluding carboxylic acids is 2. The summed E-state index contributed by atoms with van der Waals surface area (Å²) in [6, 6.07) is 12.4. The number of nitrogens with zero attached hydrogens (tertiary/aromatic N) is 1. The number of carbonyl (C=O) groups is 2. The highest BCUT2D eigenvalue weighted by atomic mass is 127. The maximum Gasteiger partial charge on any atom is 0.285 e. The van der Waals surface area contributed by atoms with Crippen LogP contribution in [0.2, 0.25) is 0 Å². The number of hydrogen-bond acceptors (Lipinski definition) is 6. The zero-order valence-electron chi connectivity index (χ0n) is 17.0. The molecule has 0 atom stereocenters. The van der Waals surface area contributed by atoms with Crippen molar-refractivity contribution >= 4 is 68.8 Å². The fraction of sp³-hybridized carbons (Fsp3) is 0.227. The number of rotatable bonds is 8. The first-order valence-corrected chi connectivity index (χ1v) is 12.0. The van der Waals surface area contributed by atoms with Gasteiger partial charge in [-0.2, -0.15) is 5.01 Å². The van der Waals surface area contributed by atoms with Gasteiger partial charge >= 0.3 is 0 Å². The second-order valence-electron chi connectivity index (χ2n) is 6.44. The van der Waals surface area contributed by atoms with Gasteiger partial charge in [-0.25, -0.2) is 0 Å². The quantitative estimate of drug-likeness (QED) is 0.274. The van der Waals surface area contributed by atoms with E-state index in [0.29, 0.717) is 35.2 Å². The first-order chi connectivity index (χ1) is 14.9. The summed E-state index contributed by atoms with van der Waals surface area (Å²) in [4.78, 5) is 25.7. The van der Waals surface area contributed by atoms with Gasteiger partial charge in [0.2, 0.25) is 0 Å². The van der Waals surface area contributed by atoms with E-state index in [1.54, 1.807) is 30.3 Å². The van der Waals surface area contributed by atoms with E-state index in [9.17, 15) is 9.59 Å². The third-order valence-corrected chi connectivity index (χ3v) is 6.23. The first kappa shape index (κ1) is 23.6. The Balaban J connectivity index is 1.82. The number of thiocarbonyl (C=S) groups is 1. The standard InChI is InChI=1S/C22H21IN2O4S2/c1-3-10-29-19-16(23)11-14(12-17(19)28-4-2)13-18-21(27)25(22(30)31-18)24-20(26)15-8-6-5-7-9-15/h5-9,11-13H,3-4,10H2,1-2H3,(H,24,26)/b18-13-. The van der Waals surface area contributed by atoms with Gasteiger partial charge in [-0.05, 0) is 84.1 Å². The van der Waals surface area contributed by atoms with Crippen LogP contribution < -0.4 is 14.9 Å². The van der Waals surface area contributed by atoms with Crippen molar-refractivity contribution in [3.63, 3.8) is 0 Å². The maximum atomic E-state index is 12.9. The summed E-state index contributed by atoms with van der Waals surface area (Å²) in [5.41, 5.74) is 3.81. The van der Waals surface area contributed by atoms with Gasteiger partial charge < -0.3 is 9.47 Å². The zero-order valence-corrected chi connectivity index (χ0v) is 20.8. The molecule has 1 saturated heterocycles. The Hall–Kier alpha value is -2.11. The van der Waals surface area contributed by atoms with Crippen LogP contribution in [-0.4, -0.2) is 34.4 Å². The van der Waals surface area contributed by atoms with Crippen LogP contribution in [0.1, 0.15) is 36.2 Å². The van der Waals surface area contributed by atoms with E-state index in [0.717, 1.165) is 32.3 Å². The summed E-state index contributed by atoms with van der Waals surface area (Å²) < 4.78 is 12.7. The molecule has 1 aliphatic heterocycles. The van der Waals surface area contributed by atoms with Crippen LogP contribution >= 0.6 is 46.6 Å².